The molecule has 16 heteroatoms. The van der Waals surface area contributed by atoms with Gasteiger partial charge in [0.15, 0.2) is 5.13 Å². The normalized spacial score (nSPS) is 22.2. The monoisotopic (exact) mass is 506 g/mol. The van der Waals surface area contributed by atoms with Crippen LogP contribution in [0.3, 0.4) is 0 Å². The van der Waals surface area contributed by atoms with Crippen LogP contribution in [-0.4, -0.2) is 75.0 Å². The average molecular weight is 507 g/mol. The van der Waals surface area contributed by atoms with E-state index in [9.17, 15) is 24.7 Å². The fraction of sp³-hybridized carbons (Fsp3) is 0.444. The molecular formula is C18H20N9O5S2+. The van der Waals surface area contributed by atoms with Crippen LogP contribution in [0.4, 0.5) is 5.13 Å². The number of anilines is 1. The van der Waals surface area contributed by atoms with Crippen LogP contribution in [0, 0.1) is 0 Å². The van der Waals surface area contributed by atoms with Gasteiger partial charge in [0.1, 0.15) is 23.7 Å². The first-order chi connectivity index (χ1) is 16.4. The fourth-order valence-corrected chi connectivity index (χ4v) is 6.06. The number of aryl methyl sites for hydroxylation is 1. The predicted molar refractivity (Wildman–Crippen MR) is 118 cm³/mol. The van der Waals surface area contributed by atoms with Gasteiger partial charge in [0, 0.05) is 34.4 Å². The minimum atomic E-state index is -1.21. The Morgan fingerprint density at radius 3 is 2.91 bits per heavy atom. The lowest BCUT2D eigenvalue weighted by Gasteiger charge is -2.49. The molecule has 2 aromatic rings. The van der Waals surface area contributed by atoms with Gasteiger partial charge in [0.2, 0.25) is 17.4 Å². The second-order valence-electron chi connectivity index (χ2n) is 7.88. The Labute approximate surface area is 200 Å². The minimum Gasteiger partial charge on any atom is -0.477 e. The molecule has 5 heterocycles. The number of carbonyl (C=O) groups excluding carboxylic acids is 2. The number of thioether (sulfide) groups is 1. The highest BCUT2D eigenvalue weighted by atomic mass is 32.2. The zero-order chi connectivity index (χ0) is 24.0. The van der Waals surface area contributed by atoms with Gasteiger partial charge in [-0.15, -0.1) is 16.4 Å². The van der Waals surface area contributed by atoms with Gasteiger partial charge in [-0.1, -0.05) is 5.16 Å². The van der Waals surface area contributed by atoms with E-state index in [1.807, 2.05) is 9.25 Å². The molecule has 34 heavy (non-hydrogen) atoms. The maximum Gasteiger partial charge on any atom is 0.352 e. The van der Waals surface area contributed by atoms with E-state index >= 15 is 0 Å². The van der Waals surface area contributed by atoms with E-state index < -0.39 is 34.9 Å². The molecule has 3 aliphatic heterocycles. The van der Waals surface area contributed by atoms with E-state index in [0.29, 0.717) is 17.9 Å². The van der Waals surface area contributed by atoms with E-state index in [1.54, 1.807) is 6.33 Å². The van der Waals surface area contributed by atoms with E-state index in [2.05, 4.69) is 24.9 Å². The standard InChI is InChI=1S/C18H19N9O5S2/c19-18-22-13(24-34-18)10(23-32)14(28)21-11-15(29)27-12(17(30)31)8(6-33-16(11)27)5-25-7-20-26-4-2-1-3-9(25)26/h7,11,16H,1-6H2,(H4-,19,21,22,24,28,30,31,32)/p+1/t11-,16-/m1/s1. The van der Waals surface area contributed by atoms with Crippen LogP contribution in [0.25, 0.3) is 0 Å². The van der Waals surface area contributed by atoms with E-state index in [1.165, 1.54) is 16.7 Å². The molecule has 5 rings (SSSR count). The van der Waals surface area contributed by atoms with Gasteiger partial charge in [-0.2, -0.15) is 9.36 Å². The number of carboxylic acids is 1. The Morgan fingerprint density at radius 2 is 2.21 bits per heavy atom. The summed E-state index contributed by atoms with van der Waals surface area (Å²) in [5, 5.41) is 28.4. The molecule has 0 radical (unpaired) electrons. The van der Waals surface area contributed by atoms with E-state index in [-0.39, 0.29) is 16.7 Å². The third-order valence-corrected chi connectivity index (χ3v) is 7.73. The molecule has 0 spiro atoms. The molecule has 5 N–H and O–H groups in total. The maximum atomic E-state index is 12.9. The number of β-lactam (4-membered cyclic amide) rings is 1. The van der Waals surface area contributed by atoms with Gasteiger partial charge in [-0.25, -0.2) is 9.36 Å². The number of nitrogens with zero attached hydrogens (tertiary/aromatic N) is 7. The van der Waals surface area contributed by atoms with Gasteiger partial charge >= 0.3 is 5.97 Å². The number of nitrogens with two attached hydrogens (primary N) is 1. The Morgan fingerprint density at radius 1 is 1.38 bits per heavy atom. The molecule has 0 saturated carbocycles. The summed E-state index contributed by atoms with van der Waals surface area (Å²) in [5.74, 6) is -1.41. The van der Waals surface area contributed by atoms with Crippen LogP contribution in [0.15, 0.2) is 22.8 Å². The third kappa shape index (κ3) is 3.67. The molecule has 1 fully saturated rings. The van der Waals surface area contributed by atoms with Crippen molar-refractivity contribution in [2.75, 3.05) is 11.5 Å². The van der Waals surface area contributed by atoms with Crippen molar-refractivity contribution in [3.8, 4) is 0 Å². The first-order valence-corrected chi connectivity index (χ1v) is 12.2. The topological polar surface area (TPSA) is 193 Å². The second kappa shape index (κ2) is 8.68. The fourth-order valence-electron chi connectivity index (χ4n) is 4.29. The van der Waals surface area contributed by atoms with Crippen LogP contribution in [0.1, 0.15) is 24.5 Å². The Hall–Kier alpha value is -3.53. The predicted octanol–water partition coefficient (Wildman–Crippen LogP) is -1.44. The summed E-state index contributed by atoms with van der Waals surface area (Å²) >= 11 is 2.17. The summed E-state index contributed by atoms with van der Waals surface area (Å²) in [5.41, 5.74) is 5.54. The number of aromatic nitrogens is 5. The smallest absolute Gasteiger partial charge is 0.352 e. The van der Waals surface area contributed by atoms with Crippen molar-refractivity contribution in [1.29, 1.82) is 0 Å². The highest BCUT2D eigenvalue weighted by molar-refractivity contribution is 8.00. The lowest BCUT2D eigenvalue weighted by atomic mass is 10.0. The van der Waals surface area contributed by atoms with Crippen molar-refractivity contribution in [1.82, 2.24) is 29.4 Å². The lowest BCUT2D eigenvalue weighted by Crippen LogP contribution is -2.71. The number of fused-ring (bicyclic) bond motifs is 2. The van der Waals surface area contributed by atoms with Crippen molar-refractivity contribution in [3.05, 3.63) is 29.2 Å². The third-order valence-electron chi connectivity index (χ3n) is 5.85. The Bertz CT molecular complexity index is 1250. The summed E-state index contributed by atoms with van der Waals surface area (Å²) in [4.78, 5) is 42.6. The number of rotatable bonds is 6. The minimum absolute atomic E-state index is 0.0764. The zero-order valence-electron chi connectivity index (χ0n) is 17.6. The quantitative estimate of drug-likeness (QED) is 0.118. The zero-order valence-corrected chi connectivity index (χ0v) is 19.3. The summed E-state index contributed by atoms with van der Waals surface area (Å²) in [6.45, 7) is 1.15. The first-order valence-electron chi connectivity index (χ1n) is 10.4. The van der Waals surface area contributed by atoms with Crippen LogP contribution in [0.2, 0.25) is 0 Å². The van der Waals surface area contributed by atoms with Crippen molar-refractivity contribution < 1.29 is 29.3 Å². The van der Waals surface area contributed by atoms with E-state index in [0.717, 1.165) is 43.2 Å². The molecule has 0 unspecified atom stereocenters. The second-order valence-corrected chi connectivity index (χ2v) is 9.77. The molecule has 2 aromatic heterocycles. The van der Waals surface area contributed by atoms with Crippen molar-refractivity contribution in [2.24, 2.45) is 5.16 Å². The number of nitrogen functional groups attached to an aromatic ring is 1. The molecule has 0 aromatic carbocycles. The molecule has 178 valence electrons. The molecule has 2 amide bonds. The number of hydrogen-bond donors (Lipinski definition) is 4. The average Bonchev–Trinajstić information content (AvgIpc) is 3.44. The molecular weight excluding hydrogens is 486 g/mol. The maximum absolute atomic E-state index is 12.9. The summed E-state index contributed by atoms with van der Waals surface area (Å²) < 4.78 is 7.68. The van der Waals surface area contributed by atoms with Crippen LogP contribution >= 0.6 is 23.3 Å². The molecule has 3 aliphatic rings. The number of amides is 2. The Kier molecular flexibility index (Phi) is 5.68. The highest BCUT2D eigenvalue weighted by Crippen LogP contribution is 2.40. The summed E-state index contributed by atoms with van der Waals surface area (Å²) in [7, 11) is 0. The van der Waals surface area contributed by atoms with Crippen molar-refractivity contribution >= 4 is 51.9 Å². The van der Waals surface area contributed by atoms with Gasteiger partial charge in [0.05, 0.1) is 6.54 Å². The SMILES string of the molecule is Nc1nc(/C(=N/O)C(=O)N[C@@H]2C(=O)N3C(C(=O)O)=C(C[n+]4cnn5c4CCCC5)CS[C@H]23)ns1. The molecule has 0 aliphatic carbocycles. The van der Waals surface area contributed by atoms with Gasteiger partial charge in [-0.3, -0.25) is 14.5 Å². The first kappa shape index (κ1) is 22.3. The summed E-state index contributed by atoms with van der Waals surface area (Å²) in [6, 6.07) is -0.988. The van der Waals surface area contributed by atoms with Crippen LogP contribution < -0.4 is 15.6 Å². The molecule has 0 bridgehead atoms. The largest absolute Gasteiger partial charge is 0.477 e. The summed E-state index contributed by atoms with van der Waals surface area (Å²) in [6.07, 6.45) is 4.65. The van der Waals surface area contributed by atoms with Crippen molar-refractivity contribution in [3.63, 3.8) is 0 Å². The number of nitrogens with one attached hydrogen (secondary N) is 1. The number of oxime groups is 1. The number of carboxylic acid groups (broad SMARTS) is 1. The van der Waals surface area contributed by atoms with Gasteiger partial charge in [0.25, 0.3) is 18.1 Å². The lowest BCUT2D eigenvalue weighted by molar-refractivity contribution is -0.697. The van der Waals surface area contributed by atoms with Crippen LogP contribution in [-0.2, 0) is 33.9 Å². The number of hydrogen-bond acceptors (Lipinski definition) is 11. The van der Waals surface area contributed by atoms with Crippen molar-refractivity contribution in [2.45, 2.75) is 43.8 Å². The molecule has 14 nitrogen and oxygen atoms in total. The molecule has 2 atom stereocenters. The van der Waals surface area contributed by atoms with Crippen LogP contribution in [0.5, 0.6) is 0 Å². The number of carbonyl (C=O) groups is 3. The van der Waals surface area contributed by atoms with Gasteiger partial charge < -0.3 is 21.4 Å². The van der Waals surface area contributed by atoms with E-state index in [4.69, 9.17) is 5.73 Å². The van der Waals surface area contributed by atoms with Gasteiger partial charge in [-0.05, 0) is 12.8 Å². The Balaban J connectivity index is 1.35. The number of aliphatic carboxylic acids is 1. The molecule has 1 saturated heterocycles. The highest BCUT2D eigenvalue weighted by Gasteiger charge is 2.54.